The molecule has 0 amide bonds. The van der Waals surface area contributed by atoms with Crippen LogP contribution in [-0.4, -0.2) is 42.6 Å². The van der Waals surface area contributed by atoms with Gasteiger partial charge in [-0.1, -0.05) is 6.07 Å². The van der Waals surface area contributed by atoms with Gasteiger partial charge in [0, 0.05) is 38.1 Å². The molecular formula is C11H17N3O2S. The Bertz CT molecular complexity index is 461. The van der Waals surface area contributed by atoms with Crippen molar-refractivity contribution in [1.82, 2.24) is 14.6 Å². The van der Waals surface area contributed by atoms with E-state index >= 15 is 0 Å². The lowest BCUT2D eigenvalue weighted by Crippen LogP contribution is -2.40. The molecule has 1 aromatic heterocycles. The molecule has 0 aliphatic carbocycles. The Hall–Kier alpha value is -0.980. The maximum Gasteiger partial charge on any atom is 0.215 e. The van der Waals surface area contributed by atoms with Crippen molar-refractivity contribution in [3.8, 4) is 0 Å². The fourth-order valence-corrected chi connectivity index (χ4v) is 3.54. The summed E-state index contributed by atoms with van der Waals surface area (Å²) in [6.45, 7) is 3.54. The summed E-state index contributed by atoms with van der Waals surface area (Å²) >= 11 is 0. The predicted octanol–water partition coefficient (Wildman–Crippen LogP) is 0.205. The molecule has 1 aliphatic heterocycles. The Morgan fingerprint density at radius 2 is 2.41 bits per heavy atom. The van der Waals surface area contributed by atoms with Crippen LogP contribution in [0.25, 0.3) is 0 Å². The highest BCUT2D eigenvalue weighted by Gasteiger charge is 2.29. The second-order valence-electron chi connectivity index (χ2n) is 4.28. The van der Waals surface area contributed by atoms with Gasteiger partial charge in [-0.3, -0.25) is 4.98 Å². The Morgan fingerprint density at radius 1 is 1.59 bits per heavy atom. The number of nitrogens with zero attached hydrogens (tertiary/aromatic N) is 2. The van der Waals surface area contributed by atoms with Gasteiger partial charge in [0.1, 0.15) is 0 Å². The normalized spacial score (nSPS) is 25.4. The number of hydrogen-bond donors (Lipinski definition) is 1. The highest BCUT2D eigenvalue weighted by atomic mass is 32.2. The van der Waals surface area contributed by atoms with Crippen molar-refractivity contribution in [2.24, 2.45) is 0 Å². The van der Waals surface area contributed by atoms with Crippen LogP contribution in [0.2, 0.25) is 0 Å². The lowest BCUT2D eigenvalue weighted by molar-refractivity contribution is 0.332. The summed E-state index contributed by atoms with van der Waals surface area (Å²) in [5.41, 5.74) is 0.921. The molecule has 0 saturated carbocycles. The number of nitrogens with one attached hydrogen (secondary N) is 1. The Balaban J connectivity index is 2.21. The van der Waals surface area contributed by atoms with E-state index in [0.29, 0.717) is 19.6 Å². The van der Waals surface area contributed by atoms with Gasteiger partial charge in [-0.2, -0.15) is 4.31 Å². The minimum Gasteiger partial charge on any atom is -0.314 e. The molecule has 1 unspecified atom stereocenters. The van der Waals surface area contributed by atoms with Crippen molar-refractivity contribution < 1.29 is 8.42 Å². The van der Waals surface area contributed by atoms with Crippen LogP contribution in [0.4, 0.5) is 0 Å². The van der Waals surface area contributed by atoms with E-state index in [1.54, 1.807) is 16.7 Å². The van der Waals surface area contributed by atoms with Crippen LogP contribution in [0.5, 0.6) is 0 Å². The van der Waals surface area contributed by atoms with Gasteiger partial charge in [-0.25, -0.2) is 8.42 Å². The zero-order valence-corrected chi connectivity index (χ0v) is 10.7. The van der Waals surface area contributed by atoms with Crippen LogP contribution in [0, 0.1) is 0 Å². The number of sulfonamides is 1. The molecule has 17 heavy (non-hydrogen) atoms. The number of aromatic nitrogens is 1. The average molecular weight is 255 g/mol. The molecule has 1 atom stereocenters. The molecule has 2 rings (SSSR count). The van der Waals surface area contributed by atoms with Crippen LogP contribution in [0.3, 0.4) is 0 Å². The summed E-state index contributed by atoms with van der Waals surface area (Å²) in [6, 6.07) is 3.69. The van der Waals surface area contributed by atoms with Gasteiger partial charge < -0.3 is 5.32 Å². The van der Waals surface area contributed by atoms with Gasteiger partial charge in [0.05, 0.1) is 5.75 Å². The molecule has 0 bridgehead atoms. The van der Waals surface area contributed by atoms with Crippen molar-refractivity contribution in [3.05, 3.63) is 30.1 Å². The smallest absolute Gasteiger partial charge is 0.215 e. The van der Waals surface area contributed by atoms with Gasteiger partial charge >= 0.3 is 0 Å². The number of rotatable bonds is 2. The highest BCUT2D eigenvalue weighted by Crippen LogP contribution is 2.14. The van der Waals surface area contributed by atoms with Crippen LogP contribution in [0.1, 0.15) is 12.5 Å². The zero-order chi connectivity index (χ0) is 12.3. The van der Waals surface area contributed by atoms with E-state index in [2.05, 4.69) is 10.3 Å². The van der Waals surface area contributed by atoms with Crippen molar-refractivity contribution in [2.75, 3.05) is 18.8 Å². The molecule has 1 N–H and O–H groups in total. The Morgan fingerprint density at radius 3 is 3.12 bits per heavy atom. The maximum absolute atomic E-state index is 12.1. The van der Waals surface area contributed by atoms with E-state index in [1.165, 1.54) is 0 Å². The minimum absolute atomic E-state index is 0.0253. The largest absolute Gasteiger partial charge is 0.314 e. The molecule has 0 aromatic carbocycles. The zero-order valence-electron chi connectivity index (χ0n) is 9.83. The maximum atomic E-state index is 12.1. The summed E-state index contributed by atoms with van der Waals surface area (Å²) in [4.78, 5) is 4.01. The summed E-state index contributed by atoms with van der Waals surface area (Å²) < 4.78 is 25.7. The third-order valence-electron chi connectivity index (χ3n) is 2.89. The Kier molecular flexibility index (Phi) is 3.76. The molecule has 0 radical (unpaired) electrons. The molecule has 6 heteroatoms. The quantitative estimate of drug-likeness (QED) is 0.820. The van der Waals surface area contributed by atoms with E-state index in [1.807, 2.05) is 19.1 Å². The lowest BCUT2D eigenvalue weighted by atomic mass is 10.2. The molecular weight excluding hydrogens is 238 g/mol. The van der Waals surface area contributed by atoms with E-state index < -0.39 is 10.0 Å². The van der Waals surface area contributed by atoms with Gasteiger partial charge in [0.15, 0.2) is 0 Å². The third kappa shape index (κ3) is 3.02. The monoisotopic (exact) mass is 255 g/mol. The van der Waals surface area contributed by atoms with E-state index in [4.69, 9.17) is 0 Å². The van der Waals surface area contributed by atoms with Crippen LogP contribution < -0.4 is 5.32 Å². The molecule has 1 fully saturated rings. The molecule has 5 nitrogen and oxygen atoms in total. The summed E-state index contributed by atoms with van der Waals surface area (Å²) in [5.74, 6) is 0.164. The van der Waals surface area contributed by atoms with Crippen molar-refractivity contribution in [3.63, 3.8) is 0 Å². The average Bonchev–Trinajstić information content (AvgIpc) is 2.43. The summed E-state index contributed by atoms with van der Waals surface area (Å²) in [6.07, 6.45) is 3.39. The third-order valence-corrected chi connectivity index (χ3v) is 4.81. The first-order valence-electron chi connectivity index (χ1n) is 5.69. The summed E-state index contributed by atoms with van der Waals surface area (Å²) in [7, 11) is -3.16. The first kappa shape index (κ1) is 12.5. The number of pyridine rings is 1. The van der Waals surface area contributed by atoms with E-state index in [0.717, 1.165) is 5.56 Å². The molecule has 1 saturated heterocycles. The van der Waals surface area contributed by atoms with E-state index in [9.17, 15) is 8.42 Å². The second kappa shape index (κ2) is 5.12. The van der Waals surface area contributed by atoms with E-state index in [-0.39, 0.29) is 11.8 Å². The second-order valence-corrected chi connectivity index (χ2v) is 6.32. The summed E-state index contributed by atoms with van der Waals surface area (Å²) in [5, 5.41) is 3.13. The molecule has 1 aromatic rings. The standard InChI is InChI=1S/C11H17N3O2S/c1-10-7-13-5-6-17(15,16)14(10)9-11-3-2-4-12-8-11/h2-4,8,10,13H,5-7,9H2,1H3. The molecule has 94 valence electrons. The van der Waals surface area contributed by atoms with Crippen molar-refractivity contribution in [1.29, 1.82) is 0 Å². The topological polar surface area (TPSA) is 62.3 Å². The van der Waals surface area contributed by atoms with Crippen molar-refractivity contribution >= 4 is 10.0 Å². The van der Waals surface area contributed by atoms with Gasteiger partial charge in [-0.05, 0) is 18.6 Å². The van der Waals surface area contributed by atoms with Gasteiger partial charge in [-0.15, -0.1) is 0 Å². The first-order valence-corrected chi connectivity index (χ1v) is 7.29. The molecule has 2 heterocycles. The lowest BCUT2D eigenvalue weighted by Gasteiger charge is -2.25. The Labute approximate surface area is 102 Å². The van der Waals surface area contributed by atoms with Gasteiger partial charge in [0.25, 0.3) is 0 Å². The fourth-order valence-electron chi connectivity index (χ4n) is 1.93. The van der Waals surface area contributed by atoms with Crippen LogP contribution in [0.15, 0.2) is 24.5 Å². The SMILES string of the molecule is CC1CNCCS(=O)(=O)N1Cc1cccnc1. The van der Waals surface area contributed by atoms with Crippen LogP contribution >= 0.6 is 0 Å². The molecule has 0 spiro atoms. The van der Waals surface area contributed by atoms with Gasteiger partial charge in [0.2, 0.25) is 10.0 Å². The fraction of sp³-hybridized carbons (Fsp3) is 0.545. The first-order chi connectivity index (χ1) is 8.09. The predicted molar refractivity (Wildman–Crippen MR) is 65.9 cm³/mol. The van der Waals surface area contributed by atoms with Crippen LogP contribution in [-0.2, 0) is 16.6 Å². The minimum atomic E-state index is -3.16. The van der Waals surface area contributed by atoms with Crippen molar-refractivity contribution in [2.45, 2.75) is 19.5 Å². The number of hydrogen-bond acceptors (Lipinski definition) is 4. The molecule has 1 aliphatic rings. The highest BCUT2D eigenvalue weighted by molar-refractivity contribution is 7.89.